The van der Waals surface area contributed by atoms with Crippen LogP contribution in [0.5, 0.6) is 0 Å². The minimum atomic E-state index is -0.998. The molecule has 0 saturated carbocycles. The summed E-state index contributed by atoms with van der Waals surface area (Å²) in [4.78, 5) is 21.7. The van der Waals surface area contributed by atoms with Crippen LogP contribution in [0.15, 0.2) is 30.3 Å². The highest BCUT2D eigenvalue weighted by atomic mass is 79.9. The summed E-state index contributed by atoms with van der Waals surface area (Å²) in [6.45, 7) is 0. The van der Waals surface area contributed by atoms with Crippen molar-refractivity contribution in [2.75, 3.05) is 5.33 Å². The van der Waals surface area contributed by atoms with Gasteiger partial charge in [0.2, 0.25) is 0 Å². The van der Waals surface area contributed by atoms with Crippen molar-refractivity contribution in [3.63, 3.8) is 0 Å². The normalized spacial score (nSPS) is 10.6. The third kappa shape index (κ3) is 3.98. The Morgan fingerprint density at radius 1 is 1.31 bits per heavy atom. The van der Waals surface area contributed by atoms with E-state index >= 15 is 0 Å². The molecule has 16 heavy (non-hydrogen) atoms. The standard InChI is InChI=1S/C12H11BrO3/c13-8-11(14)7-10-4-2-1-3-9(10)5-6-12(15)16/h1-6H,7-8H2,(H,15,16)/b6-5+. The van der Waals surface area contributed by atoms with Crippen molar-refractivity contribution in [3.8, 4) is 0 Å². The average Bonchev–Trinajstić information content (AvgIpc) is 2.27. The molecule has 0 amide bonds. The van der Waals surface area contributed by atoms with Crippen molar-refractivity contribution >= 4 is 33.8 Å². The second-order valence-electron chi connectivity index (χ2n) is 3.22. The zero-order valence-corrected chi connectivity index (χ0v) is 10.1. The summed E-state index contributed by atoms with van der Waals surface area (Å²) in [5.41, 5.74) is 1.60. The van der Waals surface area contributed by atoms with Gasteiger partial charge in [0.25, 0.3) is 0 Å². The number of rotatable bonds is 5. The van der Waals surface area contributed by atoms with E-state index in [0.29, 0.717) is 11.8 Å². The first-order valence-electron chi connectivity index (χ1n) is 4.70. The maximum Gasteiger partial charge on any atom is 0.328 e. The minimum absolute atomic E-state index is 0.0659. The number of halogens is 1. The number of benzene rings is 1. The van der Waals surface area contributed by atoms with E-state index in [2.05, 4.69) is 15.9 Å². The molecule has 0 bridgehead atoms. The van der Waals surface area contributed by atoms with Gasteiger partial charge in [-0.25, -0.2) is 4.79 Å². The van der Waals surface area contributed by atoms with E-state index < -0.39 is 5.97 Å². The molecule has 0 aliphatic heterocycles. The monoisotopic (exact) mass is 282 g/mol. The summed E-state index contributed by atoms with van der Waals surface area (Å²) in [7, 11) is 0. The number of carboxylic acid groups (broad SMARTS) is 1. The molecule has 1 aromatic carbocycles. The number of hydrogen-bond donors (Lipinski definition) is 1. The second kappa shape index (κ2) is 6.23. The zero-order valence-electron chi connectivity index (χ0n) is 8.52. The van der Waals surface area contributed by atoms with Crippen LogP contribution in [0.2, 0.25) is 0 Å². The van der Waals surface area contributed by atoms with Crippen molar-refractivity contribution in [1.82, 2.24) is 0 Å². The van der Waals surface area contributed by atoms with Crippen molar-refractivity contribution in [3.05, 3.63) is 41.5 Å². The van der Waals surface area contributed by atoms with E-state index in [-0.39, 0.29) is 5.78 Å². The molecular weight excluding hydrogens is 272 g/mol. The highest BCUT2D eigenvalue weighted by molar-refractivity contribution is 9.09. The van der Waals surface area contributed by atoms with Crippen LogP contribution in [0, 0.1) is 0 Å². The molecule has 4 heteroatoms. The van der Waals surface area contributed by atoms with Gasteiger partial charge in [0.1, 0.15) is 5.78 Å². The maximum atomic E-state index is 11.3. The number of ketones is 1. The molecule has 3 nitrogen and oxygen atoms in total. The molecule has 0 radical (unpaired) electrons. The van der Waals surface area contributed by atoms with E-state index in [1.54, 1.807) is 6.07 Å². The van der Waals surface area contributed by atoms with Crippen LogP contribution in [0.1, 0.15) is 11.1 Å². The molecule has 0 aliphatic rings. The van der Waals surface area contributed by atoms with E-state index in [1.165, 1.54) is 6.08 Å². The molecule has 0 unspecified atom stereocenters. The Labute approximate surface area is 102 Å². The Bertz CT molecular complexity index is 424. The molecule has 0 atom stereocenters. The largest absolute Gasteiger partial charge is 0.478 e. The summed E-state index contributed by atoms with van der Waals surface area (Å²) in [5, 5.41) is 8.84. The van der Waals surface area contributed by atoms with Crippen LogP contribution in [-0.2, 0) is 16.0 Å². The molecule has 0 saturated heterocycles. The lowest BCUT2D eigenvalue weighted by Crippen LogP contribution is -2.04. The van der Waals surface area contributed by atoms with Gasteiger partial charge in [0, 0.05) is 12.5 Å². The van der Waals surface area contributed by atoms with Gasteiger partial charge < -0.3 is 5.11 Å². The third-order valence-electron chi connectivity index (χ3n) is 2.00. The van der Waals surface area contributed by atoms with Crippen LogP contribution < -0.4 is 0 Å². The summed E-state index contributed by atoms with van der Waals surface area (Å²) in [6.07, 6.45) is 2.88. The fraction of sp³-hybridized carbons (Fsp3) is 0.167. The van der Waals surface area contributed by atoms with Crippen molar-refractivity contribution in [2.45, 2.75) is 6.42 Å². The lowest BCUT2D eigenvalue weighted by Gasteiger charge is -2.03. The second-order valence-corrected chi connectivity index (χ2v) is 3.78. The summed E-state index contributed by atoms with van der Waals surface area (Å²) in [5.74, 6) is -0.933. The highest BCUT2D eigenvalue weighted by Gasteiger charge is 2.04. The number of aliphatic carboxylic acids is 1. The van der Waals surface area contributed by atoms with E-state index in [0.717, 1.165) is 17.2 Å². The molecular formula is C12H11BrO3. The van der Waals surface area contributed by atoms with Gasteiger partial charge in [0.05, 0.1) is 5.33 Å². The molecule has 1 rings (SSSR count). The van der Waals surface area contributed by atoms with Crippen LogP contribution in [0.25, 0.3) is 6.08 Å². The molecule has 1 N–H and O–H groups in total. The predicted molar refractivity (Wildman–Crippen MR) is 65.6 cm³/mol. The number of carboxylic acids is 1. The SMILES string of the molecule is O=C(O)/C=C/c1ccccc1CC(=O)CBr. The van der Waals surface area contributed by atoms with Crippen molar-refractivity contribution in [2.24, 2.45) is 0 Å². The minimum Gasteiger partial charge on any atom is -0.478 e. The van der Waals surface area contributed by atoms with Gasteiger partial charge in [-0.2, -0.15) is 0 Å². The molecule has 1 aromatic rings. The quantitative estimate of drug-likeness (QED) is 0.666. The number of carbonyl (C=O) groups is 2. The van der Waals surface area contributed by atoms with Crippen molar-refractivity contribution in [1.29, 1.82) is 0 Å². The molecule has 84 valence electrons. The first-order valence-corrected chi connectivity index (χ1v) is 5.82. The lowest BCUT2D eigenvalue weighted by molar-refractivity contribution is -0.131. The smallest absolute Gasteiger partial charge is 0.328 e. The van der Waals surface area contributed by atoms with Crippen LogP contribution in [0.4, 0.5) is 0 Å². The van der Waals surface area contributed by atoms with E-state index in [9.17, 15) is 9.59 Å². The average molecular weight is 283 g/mol. The Morgan fingerprint density at radius 2 is 2.00 bits per heavy atom. The van der Waals surface area contributed by atoms with Gasteiger partial charge in [-0.05, 0) is 17.2 Å². The van der Waals surface area contributed by atoms with E-state index in [4.69, 9.17) is 5.11 Å². The van der Waals surface area contributed by atoms with Gasteiger partial charge >= 0.3 is 5.97 Å². The molecule has 0 spiro atoms. The summed E-state index contributed by atoms with van der Waals surface area (Å²) in [6, 6.07) is 7.25. The predicted octanol–water partition coefficient (Wildman–Crippen LogP) is 2.29. The highest BCUT2D eigenvalue weighted by Crippen LogP contribution is 2.12. The van der Waals surface area contributed by atoms with Crippen LogP contribution in [-0.4, -0.2) is 22.2 Å². The summed E-state index contributed by atoms with van der Waals surface area (Å²) < 4.78 is 0. The lowest BCUT2D eigenvalue weighted by atomic mass is 10.0. The zero-order chi connectivity index (χ0) is 12.0. The first-order chi connectivity index (χ1) is 7.63. The number of Topliss-reactive ketones (excluding diaryl/α,β-unsaturated/α-hetero) is 1. The topological polar surface area (TPSA) is 54.4 Å². The Morgan fingerprint density at radius 3 is 2.62 bits per heavy atom. The third-order valence-corrected chi connectivity index (χ3v) is 2.62. The Kier molecular flexibility index (Phi) is 4.92. The maximum absolute atomic E-state index is 11.3. The van der Waals surface area contributed by atoms with Crippen molar-refractivity contribution < 1.29 is 14.7 Å². The molecule has 0 aromatic heterocycles. The number of carbonyl (C=O) groups excluding carboxylic acids is 1. The summed E-state index contributed by atoms with van der Waals surface area (Å²) >= 11 is 3.10. The Balaban J connectivity index is 2.91. The van der Waals surface area contributed by atoms with Gasteiger partial charge in [-0.1, -0.05) is 40.2 Å². The van der Waals surface area contributed by atoms with Gasteiger partial charge in [-0.3, -0.25) is 4.79 Å². The van der Waals surface area contributed by atoms with E-state index in [1.807, 2.05) is 18.2 Å². The first kappa shape index (κ1) is 12.6. The fourth-order valence-corrected chi connectivity index (χ4v) is 1.48. The van der Waals surface area contributed by atoms with Crippen LogP contribution in [0.3, 0.4) is 0 Å². The van der Waals surface area contributed by atoms with Crippen LogP contribution >= 0.6 is 15.9 Å². The molecule has 0 fully saturated rings. The molecule has 0 aliphatic carbocycles. The molecule has 0 heterocycles. The fourth-order valence-electron chi connectivity index (χ4n) is 1.28. The van der Waals surface area contributed by atoms with Gasteiger partial charge in [-0.15, -0.1) is 0 Å². The Hall–Kier alpha value is -1.42. The number of alkyl halides is 1. The van der Waals surface area contributed by atoms with Gasteiger partial charge in [0.15, 0.2) is 0 Å². The number of hydrogen-bond acceptors (Lipinski definition) is 2.